The molecule has 0 nitrogen and oxygen atoms in total. The fourth-order valence-electron chi connectivity index (χ4n) is 0.250. The van der Waals surface area contributed by atoms with Crippen molar-refractivity contribution in [2.75, 3.05) is 0 Å². The zero-order valence-electron chi connectivity index (χ0n) is 7.93. The zero-order valence-corrected chi connectivity index (χ0v) is 12.9. The van der Waals surface area contributed by atoms with Crippen molar-refractivity contribution in [3.8, 4) is 0 Å². The summed E-state index contributed by atoms with van der Waals surface area (Å²) in [6, 6.07) is 1.93. The maximum absolute atomic E-state index is 5.81. The molecule has 0 N–H and O–H groups in total. The SMILES string of the molecule is CC[Si](Cl)(Cl)CC.C[Si](C)(Cl)Cl. The van der Waals surface area contributed by atoms with Crippen molar-refractivity contribution in [2.45, 2.75) is 39.0 Å². The van der Waals surface area contributed by atoms with Gasteiger partial charge in [0, 0.05) is 0 Å². The van der Waals surface area contributed by atoms with Gasteiger partial charge in [-0.1, -0.05) is 13.8 Å². The molecule has 0 saturated carbocycles. The van der Waals surface area contributed by atoms with Crippen LogP contribution in [-0.4, -0.2) is 13.4 Å². The third kappa shape index (κ3) is 22.6. The van der Waals surface area contributed by atoms with Crippen molar-refractivity contribution in [3.05, 3.63) is 0 Å². The Labute approximate surface area is 96.4 Å². The first-order chi connectivity index (χ1) is 5.12. The summed E-state index contributed by atoms with van der Waals surface area (Å²) in [6.45, 7) is 4.42. The maximum Gasteiger partial charge on any atom is 0.250 e. The molecular formula is C6H16Cl4Si2. The van der Waals surface area contributed by atoms with Gasteiger partial charge in [-0.15, -0.1) is 44.3 Å². The van der Waals surface area contributed by atoms with Crippen LogP contribution in [0.3, 0.4) is 0 Å². The van der Waals surface area contributed by atoms with Crippen molar-refractivity contribution >= 4 is 57.7 Å². The first-order valence-corrected chi connectivity index (χ1v) is 13.3. The fraction of sp³-hybridized carbons (Fsp3) is 1.00. The second-order valence-electron chi connectivity index (χ2n) is 2.89. The molecule has 0 heterocycles. The van der Waals surface area contributed by atoms with Gasteiger partial charge in [0.2, 0.25) is 6.69 Å². The molecule has 0 aromatic heterocycles. The van der Waals surface area contributed by atoms with Crippen molar-refractivity contribution in [1.29, 1.82) is 0 Å². The Bertz CT molecular complexity index is 98.6. The summed E-state index contributed by atoms with van der Waals surface area (Å²) in [5.41, 5.74) is 0. The largest absolute Gasteiger partial charge is 0.250 e. The van der Waals surface area contributed by atoms with Crippen LogP contribution in [0.15, 0.2) is 0 Å². The maximum atomic E-state index is 5.81. The van der Waals surface area contributed by atoms with Gasteiger partial charge < -0.3 is 0 Å². The minimum absolute atomic E-state index is 0.965. The average Bonchev–Trinajstić information content (AvgIpc) is 1.85. The Hall–Kier alpha value is 1.59. The topological polar surface area (TPSA) is 0 Å². The molecule has 0 bridgehead atoms. The molecule has 0 fully saturated rings. The van der Waals surface area contributed by atoms with Gasteiger partial charge >= 0.3 is 0 Å². The molecule has 0 unspecified atom stereocenters. The highest BCUT2D eigenvalue weighted by Crippen LogP contribution is 2.23. The van der Waals surface area contributed by atoms with Gasteiger partial charge in [0.15, 0.2) is 0 Å². The van der Waals surface area contributed by atoms with Crippen LogP contribution in [0.1, 0.15) is 13.8 Å². The minimum Gasteiger partial charge on any atom is -0.146 e. The average molecular weight is 286 g/mol. The lowest BCUT2D eigenvalue weighted by Crippen LogP contribution is -2.13. The van der Waals surface area contributed by atoms with E-state index in [0.717, 1.165) is 12.1 Å². The smallest absolute Gasteiger partial charge is 0.146 e. The third-order valence-corrected chi connectivity index (χ3v) is 6.31. The molecule has 76 valence electrons. The van der Waals surface area contributed by atoms with E-state index in [1.807, 2.05) is 26.9 Å². The Kier molecular flexibility index (Phi) is 9.31. The van der Waals surface area contributed by atoms with Crippen LogP contribution in [0.4, 0.5) is 0 Å². The van der Waals surface area contributed by atoms with E-state index in [4.69, 9.17) is 44.3 Å². The van der Waals surface area contributed by atoms with Gasteiger partial charge in [-0.2, -0.15) is 0 Å². The number of halogens is 4. The Morgan fingerprint density at radius 3 is 1.00 bits per heavy atom. The van der Waals surface area contributed by atoms with Crippen molar-refractivity contribution in [1.82, 2.24) is 0 Å². The van der Waals surface area contributed by atoms with Crippen LogP contribution in [0.25, 0.3) is 0 Å². The molecule has 0 radical (unpaired) electrons. The Morgan fingerprint density at radius 1 is 0.833 bits per heavy atom. The van der Waals surface area contributed by atoms with Crippen LogP contribution < -0.4 is 0 Å². The monoisotopic (exact) mass is 284 g/mol. The first kappa shape index (κ1) is 16.0. The highest BCUT2D eigenvalue weighted by Gasteiger charge is 2.21. The van der Waals surface area contributed by atoms with E-state index in [1.165, 1.54) is 0 Å². The molecule has 0 spiro atoms. The molecule has 0 atom stereocenters. The summed E-state index contributed by atoms with van der Waals surface area (Å²) in [4.78, 5) is 0. The van der Waals surface area contributed by atoms with Crippen LogP contribution in [0, 0.1) is 0 Å². The highest BCUT2D eigenvalue weighted by atomic mass is 35.7. The van der Waals surface area contributed by atoms with E-state index in [2.05, 4.69) is 0 Å². The minimum atomic E-state index is -1.71. The molecule has 6 heteroatoms. The summed E-state index contributed by atoms with van der Waals surface area (Å²) < 4.78 is 0. The highest BCUT2D eigenvalue weighted by molar-refractivity contribution is 7.45. The van der Waals surface area contributed by atoms with E-state index in [1.54, 1.807) is 0 Å². The lowest BCUT2D eigenvalue weighted by atomic mass is 11.0. The van der Waals surface area contributed by atoms with Gasteiger partial charge in [-0.3, -0.25) is 0 Å². The van der Waals surface area contributed by atoms with Gasteiger partial charge in [0.05, 0.1) is 0 Å². The van der Waals surface area contributed by atoms with Crippen molar-refractivity contribution in [2.24, 2.45) is 0 Å². The molecule has 0 aliphatic carbocycles. The molecule has 0 amide bonds. The van der Waals surface area contributed by atoms with E-state index in [9.17, 15) is 0 Å². The van der Waals surface area contributed by atoms with Crippen LogP contribution in [0.2, 0.25) is 25.2 Å². The van der Waals surface area contributed by atoms with Gasteiger partial charge in [0.25, 0.3) is 6.69 Å². The number of hydrogen-bond acceptors (Lipinski definition) is 0. The molecule has 0 saturated heterocycles. The molecular weight excluding hydrogens is 270 g/mol. The predicted octanol–water partition coefficient (Wildman–Crippen LogP) is 5.11. The van der Waals surface area contributed by atoms with Crippen LogP contribution in [-0.2, 0) is 0 Å². The van der Waals surface area contributed by atoms with E-state index in [0.29, 0.717) is 0 Å². The lowest BCUT2D eigenvalue weighted by molar-refractivity contribution is 1.33. The fourth-order valence-corrected chi connectivity index (χ4v) is 0.750. The summed E-state index contributed by atoms with van der Waals surface area (Å²) >= 11 is 22.5. The van der Waals surface area contributed by atoms with Crippen LogP contribution in [0.5, 0.6) is 0 Å². The summed E-state index contributed by atoms with van der Waals surface area (Å²) in [6.07, 6.45) is 0. The third-order valence-electron chi connectivity index (χ3n) is 1.03. The normalized spacial score (nSPS) is 12.0. The summed E-state index contributed by atoms with van der Waals surface area (Å²) in [5.74, 6) is 0. The lowest BCUT2D eigenvalue weighted by Gasteiger charge is -2.08. The number of rotatable bonds is 2. The molecule has 0 aromatic rings. The zero-order chi connectivity index (χ0) is 10.4. The summed E-state index contributed by atoms with van der Waals surface area (Å²) in [7, 11) is 0. The Balaban J connectivity index is 0. The molecule has 0 rings (SSSR count). The van der Waals surface area contributed by atoms with Gasteiger partial charge in [-0.05, 0) is 25.2 Å². The standard InChI is InChI=1S/C4H10Cl2Si.C2H6Cl2Si/c1-3-7(5,6)4-2;1-5(2,3)4/h3-4H2,1-2H3;1-2H3. The predicted molar refractivity (Wildman–Crippen MR) is 67.6 cm³/mol. The molecule has 0 aliphatic heterocycles. The Morgan fingerprint density at radius 2 is 1.00 bits per heavy atom. The van der Waals surface area contributed by atoms with Crippen LogP contribution >= 0.6 is 44.3 Å². The summed E-state index contributed by atoms with van der Waals surface area (Å²) in [5, 5.41) is 0. The second-order valence-corrected chi connectivity index (χ2v) is 19.8. The molecule has 0 aromatic carbocycles. The second kappa shape index (κ2) is 6.96. The molecule has 0 aliphatic rings. The quantitative estimate of drug-likeness (QED) is 0.488. The molecule has 12 heavy (non-hydrogen) atoms. The first-order valence-electron chi connectivity index (χ1n) is 3.88. The van der Waals surface area contributed by atoms with E-state index < -0.39 is 13.4 Å². The van der Waals surface area contributed by atoms with Gasteiger partial charge in [0.1, 0.15) is 0 Å². The van der Waals surface area contributed by atoms with E-state index in [-0.39, 0.29) is 0 Å². The number of hydrogen-bond donors (Lipinski definition) is 0. The van der Waals surface area contributed by atoms with Crippen molar-refractivity contribution in [3.63, 3.8) is 0 Å². The van der Waals surface area contributed by atoms with E-state index >= 15 is 0 Å². The van der Waals surface area contributed by atoms with Gasteiger partial charge in [-0.25, -0.2) is 0 Å². The van der Waals surface area contributed by atoms with Crippen molar-refractivity contribution < 1.29 is 0 Å².